The first kappa shape index (κ1) is 12.4. The van der Waals surface area contributed by atoms with Crippen LogP contribution < -0.4 is 4.73 Å². The smallest absolute Gasteiger partial charge is 0.308 e. The lowest BCUT2D eigenvalue weighted by molar-refractivity contribution is -0.606. The molecule has 0 spiro atoms. The van der Waals surface area contributed by atoms with Crippen LogP contribution >= 0.6 is 0 Å². The molecule has 1 rings (SSSR count). The minimum Gasteiger partial charge on any atom is -0.619 e. The third kappa shape index (κ3) is 3.18. The largest absolute Gasteiger partial charge is 0.619 e. The average molecular weight is 227 g/mol. The van der Waals surface area contributed by atoms with Crippen molar-refractivity contribution >= 4 is 5.97 Å². The summed E-state index contributed by atoms with van der Waals surface area (Å²) >= 11 is 0. The van der Waals surface area contributed by atoms with E-state index in [4.69, 9.17) is 0 Å². The van der Waals surface area contributed by atoms with Gasteiger partial charge in [-0.2, -0.15) is 4.73 Å². The minimum atomic E-state index is -1.30. The van der Waals surface area contributed by atoms with E-state index in [1.54, 1.807) is 0 Å². The number of nitrogens with zero attached hydrogens (tertiary/aromatic N) is 1. The van der Waals surface area contributed by atoms with E-state index >= 15 is 0 Å². The lowest BCUT2D eigenvalue weighted by atomic mass is 10.0. The third-order valence-electron chi connectivity index (χ3n) is 2.11. The Morgan fingerprint density at radius 2 is 2.31 bits per heavy atom. The number of aliphatic hydroxyl groups excluding tert-OH is 2. The second kappa shape index (κ2) is 5.43. The van der Waals surface area contributed by atoms with Gasteiger partial charge in [0, 0.05) is 11.6 Å². The summed E-state index contributed by atoms with van der Waals surface area (Å²) in [6.45, 7) is 0. The van der Waals surface area contributed by atoms with Crippen LogP contribution in [0.3, 0.4) is 0 Å². The third-order valence-corrected chi connectivity index (χ3v) is 2.11. The molecular formula is C10H13NO5. The summed E-state index contributed by atoms with van der Waals surface area (Å²) in [5.74, 6) is -0.627. The van der Waals surface area contributed by atoms with Gasteiger partial charge < -0.3 is 20.2 Å². The molecule has 0 aromatic carbocycles. The summed E-state index contributed by atoms with van der Waals surface area (Å²) in [7, 11) is 1.19. The fourth-order valence-corrected chi connectivity index (χ4v) is 1.23. The first-order valence-corrected chi connectivity index (χ1v) is 4.66. The topological polar surface area (TPSA) is 93.7 Å². The molecule has 2 atom stereocenters. The van der Waals surface area contributed by atoms with Gasteiger partial charge in [-0.05, 0) is 6.07 Å². The van der Waals surface area contributed by atoms with E-state index < -0.39 is 18.2 Å². The van der Waals surface area contributed by atoms with Gasteiger partial charge >= 0.3 is 5.97 Å². The van der Waals surface area contributed by atoms with Crippen molar-refractivity contribution in [3.05, 3.63) is 35.3 Å². The number of ether oxygens (including phenoxy) is 1. The van der Waals surface area contributed by atoms with Crippen LogP contribution in [0, 0.1) is 5.21 Å². The summed E-state index contributed by atoms with van der Waals surface area (Å²) < 4.78 is 4.86. The van der Waals surface area contributed by atoms with Crippen molar-refractivity contribution < 1.29 is 24.5 Å². The number of esters is 1. The number of aromatic nitrogens is 1. The molecule has 16 heavy (non-hydrogen) atoms. The summed E-state index contributed by atoms with van der Waals surface area (Å²) in [5, 5.41) is 30.1. The van der Waals surface area contributed by atoms with Crippen molar-refractivity contribution in [3.8, 4) is 0 Å². The minimum absolute atomic E-state index is 0.244. The Morgan fingerprint density at radius 1 is 1.62 bits per heavy atom. The molecule has 1 aromatic heterocycles. The molecule has 0 fully saturated rings. The lowest BCUT2D eigenvalue weighted by Gasteiger charge is -2.16. The van der Waals surface area contributed by atoms with Crippen molar-refractivity contribution in [1.29, 1.82) is 0 Å². The second-order valence-corrected chi connectivity index (χ2v) is 3.29. The molecule has 88 valence electrons. The van der Waals surface area contributed by atoms with Crippen LogP contribution in [-0.4, -0.2) is 29.4 Å². The van der Waals surface area contributed by atoms with E-state index in [9.17, 15) is 20.2 Å². The van der Waals surface area contributed by atoms with Crippen molar-refractivity contribution in [2.75, 3.05) is 7.11 Å². The van der Waals surface area contributed by atoms with Crippen LogP contribution in [0.2, 0.25) is 0 Å². The number of hydrogen-bond donors (Lipinski definition) is 2. The molecule has 0 aliphatic heterocycles. The SMILES string of the molecule is COC(=O)CC(O)C(O)c1ccc[n+]([O-])c1. The second-order valence-electron chi connectivity index (χ2n) is 3.29. The van der Waals surface area contributed by atoms with E-state index in [0.29, 0.717) is 4.73 Å². The van der Waals surface area contributed by atoms with Crippen LogP contribution in [-0.2, 0) is 9.53 Å². The number of carbonyl (C=O) groups is 1. The fourth-order valence-electron chi connectivity index (χ4n) is 1.23. The first-order chi connectivity index (χ1) is 7.54. The highest BCUT2D eigenvalue weighted by molar-refractivity contribution is 5.69. The Labute approximate surface area is 92.3 Å². The summed E-state index contributed by atoms with van der Waals surface area (Å²) in [4.78, 5) is 10.9. The van der Waals surface area contributed by atoms with Crippen LogP contribution in [0.1, 0.15) is 18.1 Å². The molecule has 6 heteroatoms. The van der Waals surface area contributed by atoms with Gasteiger partial charge in [0.1, 0.15) is 6.10 Å². The normalized spacial score (nSPS) is 14.2. The van der Waals surface area contributed by atoms with Crippen molar-refractivity contribution in [3.63, 3.8) is 0 Å². The van der Waals surface area contributed by atoms with Crippen LogP contribution in [0.25, 0.3) is 0 Å². The molecule has 6 nitrogen and oxygen atoms in total. The maximum atomic E-state index is 10.9. The number of carbonyl (C=O) groups excluding carboxylic acids is 1. The standard InChI is InChI=1S/C10H13NO5/c1-16-9(13)5-8(12)10(14)7-3-2-4-11(15)6-7/h2-4,6,8,10,12,14H,5H2,1H3. The highest BCUT2D eigenvalue weighted by Crippen LogP contribution is 2.17. The molecule has 0 saturated heterocycles. The van der Waals surface area contributed by atoms with Gasteiger partial charge in [0.25, 0.3) is 0 Å². The number of hydrogen-bond acceptors (Lipinski definition) is 5. The highest BCUT2D eigenvalue weighted by atomic mass is 16.5. The molecule has 0 bridgehead atoms. The molecule has 1 heterocycles. The zero-order chi connectivity index (χ0) is 12.1. The zero-order valence-electron chi connectivity index (χ0n) is 8.74. The molecule has 0 aliphatic rings. The van der Waals surface area contributed by atoms with Crippen LogP contribution in [0.4, 0.5) is 0 Å². The maximum absolute atomic E-state index is 10.9. The van der Waals surface area contributed by atoms with E-state index in [1.807, 2.05) is 0 Å². The molecule has 0 saturated carbocycles. The summed E-state index contributed by atoms with van der Waals surface area (Å²) in [6, 6.07) is 2.93. The average Bonchev–Trinajstić information content (AvgIpc) is 2.27. The Balaban J connectivity index is 2.70. The predicted octanol–water partition coefficient (Wildman–Crippen LogP) is -0.723. The monoisotopic (exact) mass is 227 g/mol. The van der Waals surface area contributed by atoms with Gasteiger partial charge in [0.05, 0.1) is 19.6 Å². The van der Waals surface area contributed by atoms with E-state index in [-0.39, 0.29) is 12.0 Å². The van der Waals surface area contributed by atoms with Crippen LogP contribution in [0.15, 0.2) is 24.5 Å². The highest BCUT2D eigenvalue weighted by Gasteiger charge is 2.23. The predicted molar refractivity (Wildman–Crippen MR) is 53.0 cm³/mol. The van der Waals surface area contributed by atoms with Gasteiger partial charge in [-0.15, -0.1) is 0 Å². The van der Waals surface area contributed by atoms with Gasteiger partial charge in [-0.3, -0.25) is 4.79 Å². The van der Waals surface area contributed by atoms with E-state index in [0.717, 1.165) is 6.20 Å². The van der Waals surface area contributed by atoms with Gasteiger partial charge in [0.2, 0.25) is 0 Å². The number of pyridine rings is 1. The Kier molecular flexibility index (Phi) is 4.21. The molecular weight excluding hydrogens is 214 g/mol. The van der Waals surface area contributed by atoms with Gasteiger partial charge in [0.15, 0.2) is 12.4 Å². The van der Waals surface area contributed by atoms with Crippen LogP contribution in [0.5, 0.6) is 0 Å². The number of methoxy groups -OCH3 is 1. The molecule has 0 aliphatic carbocycles. The van der Waals surface area contributed by atoms with Crippen molar-refractivity contribution in [1.82, 2.24) is 0 Å². The van der Waals surface area contributed by atoms with Gasteiger partial charge in [-0.1, -0.05) is 0 Å². The maximum Gasteiger partial charge on any atom is 0.308 e. The van der Waals surface area contributed by atoms with Gasteiger partial charge in [-0.25, -0.2) is 0 Å². The summed E-state index contributed by atoms with van der Waals surface area (Å²) in [5.41, 5.74) is 0.244. The van der Waals surface area contributed by atoms with E-state index in [2.05, 4.69) is 4.74 Å². The molecule has 2 N–H and O–H groups in total. The zero-order valence-corrected chi connectivity index (χ0v) is 8.74. The summed E-state index contributed by atoms with van der Waals surface area (Å²) in [6.07, 6.45) is -0.533. The van der Waals surface area contributed by atoms with Crippen molar-refractivity contribution in [2.24, 2.45) is 0 Å². The lowest BCUT2D eigenvalue weighted by Crippen LogP contribution is -2.28. The quantitative estimate of drug-likeness (QED) is 0.402. The number of aliphatic hydroxyl groups is 2. The Hall–Kier alpha value is -1.66. The Bertz CT molecular complexity index is 368. The fraction of sp³-hybridized carbons (Fsp3) is 0.400. The first-order valence-electron chi connectivity index (χ1n) is 4.66. The molecule has 0 radical (unpaired) electrons. The number of rotatable bonds is 4. The molecule has 2 unspecified atom stereocenters. The van der Waals surface area contributed by atoms with E-state index in [1.165, 1.54) is 25.4 Å². The van der Waals surface area contributed by atoms with Crippen molar-refractivity contribution in [2.45, 2.75) is 18.6 Å². The molecule has 0 amide bonds. The molecule has 1 aromatic rings. The Morgan fingerprint density at radius 3 is 2.88 bits per heavy atom.